The smallest absolute Gasteiger partial charge is 0.227 e. The van der Waals surface area contributed by atoms with Crippen LogP contribution in [-0.2, 0) is 4.79 Å². The quantitative estimate of drug-likeness (QED) is 0.856. The number of carbonyl (C=O) groups excluding carboxylic acids is 1. The van der Waals surface area contributed by atoms with Crippen molar-refractivity contribution < 1.29 is 13.9 Å². The Kier molecular flexibility index (Phi) is 4.94. The zero-order valence-corrected chi connectivity index (χ0v) is 11.3. The number of anilines is 1. The first-order valence-electron chi connectivity index (χ1n) is 6.42. The van der Waals surface area contributed by atoms with E-state index in [0.29, 0.717) is 17.0 Å². The second kappa shape index (κ2) is 7.11. The summed E-state index contributed by atoms with van der Waals surface area (Å²) in [6.45, 7) is 0.215. The van der Waals surface area contributed by atoms with Gasteiger partial charge in [-0.15, -0.1) is 6.42 Å². The van der Waals surface area contributed by atoms with Crippen molar-refractivity contribution in [2.45, 2.75) is 6.42 Å². The van der Waals surface area contributed by atoms with Crippen molar-refractivity contribution >= 4 is 11.6 Å². The minimum Gasteiger partial charge on any atom is -0.493 e. The van der Waals surface area contributed by atoms with Gasteiger partial charge >= 0.3 is 0 Å². The van der Waals surface area contributed by atoms with Crippen LogP contribution in [0.3, 0.4) is 0 Å². The highest BCUT2D eigenvalue weighted by Gasteiger charge is 2.03. The van der Waals surface area contributed by atoms with E-state index in [9.17, 15) is 9.18 Å². The first-order valence-corrected chi connectivity index (χ1v) is 6.42. The number of amides is 1. The topological polar surface area (TPSA) is 38.3 Å². The fourth-order valence-electron chi connectivity index (χ4n) is 1.70. The standard InChI is InChI=1S/C17H14FNO2/c1-2-13-4-3-5-15(12-13)19-17(20)10-11-21-16-8-6-14(18)7-9-16/h1,3-9,12H,10-11H2,(H,19,20). The van der Waals surface area contributed by atoms with E-state index in [1.807, 2.05) is 0 Å². The fourth-order valence-corrected chi connectivity index (χ4v) is 1.70. The number of rotatable bonds is 5. The van der Waals surface area contributed by atoms with Crippen LogP contribution in [0.15, 0.2) is 48.5 Å². The van der Waals surface area contributed by atoms with E-state index in [-0.39, 0.29) is 24.8 Å². The number of hydrogen-bond donors (Lipinski definition) is 1. The van der Waals surface area contributed by atoms with Crippen molar-refractivity contribution in [1.82, 2.24) is 0 Å². The molecule has 0 radical (unpaired) electrons. The predicted octanol–water partition coefficient (Wildman–Crippen LogP) is 3.21. The van der Waals surface area contributed by atoms with Gasteiger partial charge in [0.2, 0.25) is 5.91 Å². The molecule has 21 heavy (non-hydrogen) atoms. The monoisotopic (exact) mass is 283 g/mol. The summed E-state index contributed by atoms with van der Waals surface area (Å²) in [6, 6.07) is 12.7. The molecule has 0 fully saturated rings. The maximum absolute atomic E-state index is 12.7. The molecule has 2 aromatic rings. The molecule has 0 atom stereocenters. The molecule has 0 aromatic heterocycles. The van der Waals surface area contributed by atoms with E-state index in [4.69, 9.17) is 11.2 Å². The van der Waals surface area contributed by atoms with Crippen LogP contribution >= 0.6 is 0 Å². The summed E-state index contributed by atoms with van der Waals surface area (Å²) in [5, 5.41) is 2.74. The lowest BCUT2D eigenvalue weighted by Gasteiger charge is -2.07. The number of benzene rings is 2. The van der Waals surface area contributed by atoms with Gasteiger partial charge in [0.25, 0.3) is 0 Å². The SMILES string of the molecule is C#Cc1cccc(NC(=O)CCOc2ccc(F)cc2)c1. The Bertz CT molecular complexity index is 659. The maximum atomic E-state index is 12.7. The Hall–Kier alpha value is -2.80. The number of terminal acetylenes is 1. The molecule has 1 amide bonds. The highest BCUT2D eigenvalue weighted by Crippen LogP contribution is 2.12. The summed E-state index contributed by atoms with van der Waals surface area (Å²) in [7, 11) is 0. The molecule has 106 valence electrons. The van der Waals surface area contributed by atoms with Gasteiger partial charge in [-0.05, 0) is 42.5 Å². The predicted molar refractivity (Wildman–Crippen MR) is 79.5 cm³/mol. The van der Waals surface area contributed by atoms with Crippen molar-refractivity contribution in [2.75, 3.05) is 11.9 Å². The van der Waals surface area contributed by atoms with Crippen LogP contribution in [-0.4, -0.2) is 12.5 Å². The maximum Gasteiger partial charge on any atom is 0.227 e. The van der Waals surface area contributed by atoms with E-state index < -0.39 is 0 Å². The van der Waals surface area contributed by atoms with Gasteiger partial charge in [-0.1, -0.05) is 12.0 Å². The molecular weight excluding hydrogens is 269 g/mol. The van der Waals surface area contributed by atoms with Crippen molar-refractivity contribution in [1.29, 1.82) is 0 Å². The Morgan fingerprint density at radius 1 is 1.24 bits per heavy atom. The number of halogens is 1. The van der Waals surface area contributed by atoms with Crippen LogP contribution < -0.4 is 10.1 Å². The number of nitrogens with one attached hydrogen (secondary N) is 1. The molecule has 4 heteroatoms. The van der Waals surface area contributed by atoms with Gasteiger partial charge in [0, 0.05) is 11.3 Å². The molecule has 0 aliphatic rings. The van der Waals surface area contributed by atoms with Crippen LogP contribution in [0.2, 0.25) is 0 Å². The van der Waals surface area contributed by atoms with Crippen LogP contribution in [0.4, 0.5) is 10.1 Å². The lowest BCUT2D eigenvalue weighted by molar-refractivity contribution is -0.116. The Labute approximate surface area is 122 Å². The minimum atomic E-state index is -0.325. The number of ether oxygens (including phenoxy) is 1. The van der Waals surface area contributed by atoms with E-state index in [1.165, 1.54) is 24.3 Å². The fraction of sp³-hybridized carbons (Fsp3) is 0.118. The normalized spacial score (nSPS) is 9.71. The lowest BCUT2D eigenvalue weighted by atomic mass is 10.2. The molecule has 0 aliphatic heterocycles. The summed E-state index contributed by atoms with van der Waals surface area (Å²) >= 11 is 0. The summed E-state index contributed by atoms with van der Waals surface area (Å²) in [5.41, 5.74) is 1.35. The van der Waals surface area contributed by atoms with Crippen molar-refractivity contribution in [3.8, 4) is 18.1 Å². The van der Waals surface area contributed by atoms with Crippen molar-refractivity contribution in [3.63, 3.8) is 0 Å². The van der Waals surface area contributed by atoms with Gasteiger partial charge in [-0.25, -0.2) is 4.39 Å². The van der Waals surface area contributed by atoms with E-state index >= 15 is 0 Å². The Balaban J connectivity index is 1.79. The highest BCUT2D eigenvalue weighted by molar-refractivity contribution is 5.90. The van der Waals surface area contributed by atoms with Gasteiger partial charge in [0.1, 0.15) is 11.6 Å². The van der Waals surface area contributed by atoms with Crippen molar-refractivity contribution in [2.24, 2.45) is 0 Å². The average Bonchev–Trinajstić information content (AvgIpc) is 2.49. The summed E-state index contributed by atoms with van der Waals surface area (Å²) in [6.07, 6.45) is 5.49. The van der Waals surface area contributed by atoms with Gasteiger partial charge < -0.3 is 10.1 Å². The average molecular weight is 283 g/mol. The molecule has 0 saturated heterocycles. The lowest BCUT2D eigenvalue weighted by Crippen LogP contribution is -2.15. The molecule has 2 rings (SSSR count). The minimum absolute atomic E-state index is 0.175. The molecule has 0 unspecified atom stereocenters. The van der Waals surface area contributed by atoms with Crippen LogP contribution in [0, 0.1) is 18.2 Å². The third kappa shape index (κ3) is 4.66. The zero-order chi connectivity index (χ0) is 15.1. The number of carbonyl (C=O) groups is 1. The molecule has 0 bridgehead atoms. The van der Waals surface area contributed by atoms with Crippen LogP contribution in [0.25, 0.3) is 0 Å². The molecule has 0 saturated carbocycles. The molecule has 3 nitrogen and oxygen atoms in total. The molecule has 0 aliphatic carbocycles. The van der Waals surface area contributed by atoms with Gasteiger partial charge in [-0.2, -0.15) is 0 Å². The largest absolute Gasteiger partial charge is 0.493 e. The second-order valence-corrected chi connectivity index (χ2v) is 4.33. The zero-order valence-electron chi connectivity index (χ0n) is 11.3. The summed E-state index contributed by atoms with van der Waals surface area (Å²) in [4.78, 5) is 11.8. The Morgan fingerprint density at radius 3 is 2.71 bits per heavy atom. The van der Waals surface area contributed by atoms with E-state index in [1.54, 1.807) is 24.3 Å². The molecule has 1 N–H and O–H groups in total. The van der Waals surface area contributed by atoms with E-state index in [0.717, 1.165) is 0 Å². The molecular formula is C17H14FNO2. The van der Waals surface area contributed by atoms with Gasteiger partial charge in [-0.3, -0.25) is 4.79 Å². The summed E-state index contributed by atoms with van der Waals surface area (Å²) in [5.74, 6) is 2.53. The molecule has 2 aromatic carbocycles. The molecule has 0 spiro atoms. The Morgan fingerprint density at radius 2 is 2.00 bits per heavy atom. The highest BCUT2D eigenvalue weighted by atomic mass is 19.1. The van der Waals surface area contributed by atoms with E-state index in [2.05, 4.69) is 11.2 Å². The first kappa shape index (κ1) is 14.6. The first-order chi connectivity index (χ1) is 10.2. The van der Waals surface area contributed by atoms with Gasteiger partial charge in [0.05, 0.1) is 13.0 Å². The van der Waals surface area contributed by atoms with Gasteiger partial charge in [0.15, 0.2) is 0 Å². The number of hydrogen-bond acceptors (Lipinski definition) is 2. The molecule has 0 heterocycles. The van der Waals surface area contributed by atoms with Crippen LogP contribution in [0.1, 0.15) is 12.0 Å². The van der Waals surface area contributed by atoms with Crippen molar-refractivity contribution in [3.05, 3.63) is 59.9 Å². The van der Waals surface area contributed by atoms with Crippen LogP contribution in [0.5, 0.6) is 5.75 Å². The third-order valence-corrected chi connectivity index (χ3v) is 2.72. The third-order valence-electron chi connectivity index (χ3n) is 2.72. The summed E-state index contributed by atoms with van der Waals surface area (Å²) < 4.78 is 18.1. The second-order valence-electron chi connectivity index (χ2n) is 4.33.